The molecule has 0 spiro atoms. The van der Waals surface area contributed by atoms with Crippen molar-refractivity contribution in [3.63, 3.8) is 0 Å². The number of para-hydroxylation sites is 2. The zero-order valence-electron chi connectivity index (χ0n) is 69.4. The third-order valence-corrected chi connectivity index (χ3v) is 35.8. The molecule has 29 heteroatoms. The van der Waals surface area contributed by atoms with Gasteiger partial charge in [0.2, 0.25) is 0 Å². The van der Waals surface area contributed by atoms with Crippen LogP contribution in [-0.4, -0.2) is 145 Å². The van der Waals surface area contributed by atoms with Gasteiger partial charge in [-0.1, -0.05) is 147 Å². The van der Waals surface area contributed by atoms with E-state index in [0.717, 1.165) is 74.7 Å². The molecule has 0 fully saturated rings. The summed E-state index contributed by atoms with van der Waals surface area (Å²) < 4.78 is 180. The summed E-state index contributed by atoms with van der Waals surface area (Å²) in [7, 11) is -21.0. The van der Waals surface area contributed by atoms with Crippen molar-refractivity contribution in [1.82, 2.24) is 0 Å². The van der Waals surface area contributed by atoms with Crippen LogP contribution in [0.15, 0.2) is 226 Å². The maximum atomic E-state index is 12.5. The average molecular weight is 1760 g/mol. The summed E-state index contributed by atoms with van der Waals surface area (Å²) in [5, 5.41) is 6.88. The fraction of sp³-hybridized carbons (Fsp3) is 0.326. The van der Waals surface area contributed by atoms with Gasteiger partial charge in [0.25, 0.3) is 0 Å². The predicted octanol–water partition coefficient (Wildman–Crippen LogP) is 6.24. The first-order valence-electron chi connectivity index (χ1n) is 39.6. The second-order valence-electron chi connectivity index (χ2n) is 29.4. The van der Waals surface area contributed by atoms with Crippen molar-refractivity contribution in [3.8, 4) is 34.5 Å². The van der Waals surface area contributed by atoms with Crippen LogP contribution in [0.4, 0.5) is 0 Å². The van der Waals surface area contributed by atoms with Gasteiger partial charge >= 0.3 is 0 Å². The van der Waals surface area contributed by atoms with Crippen LogP contribution >= 0.6 is 31.7 Å². The van der Waals surface area contributed by atoms with E-state index in [2.05, 4.69) is 152 Å². The number of rotatable bonds is 37. The van der Waals surface area contributed by atoms with Crippen molar-refractivity contribution in [1.29, 1.82) is 0 Å². The maximum Gasteiger partial charge on any atom is 0.139 e. The number of fused-ring (bicyclic) bond motifs is 2. The highest BCUT2D eigenvalue weighted by atomic mass is 32.2. The van der Waals surface area contributed by atoms with Crippen molar-refractivity contribution < 1.29 is 95.2 Å². The Hall–Kier alpha value is -7.60. The summed E-state index contributed by atoms with van der Waals surface area (Å²) in [6.07, 6.45) is 2.39. The minimum Gasteiger partial charge on any atom is -0.744 e. The summed E-state index contributed by atoms with van der Waals surface area (Å²) in [6.45, 7) is 35.9. The number of nitrogens with one attached hydrogen (secondary N) is 4. The smallest absolute Gasteiger partial charge is 0.139 e. The Morgan fingerprint density at radius 1 is 0.314 bits per heavy atom. The number of methoxy groups -OCH3 is 4. The number of hydrogen-bond acceptors (Lipinski definition) is 17. The van der Waals surface area contributed by atoms with E-state index in [0.29, 0.717) is 11.1 Å². The first-order chi connectivity index (χ1) is 56.2. The Balaban J connectivity index is 0.000000256. The molecule has 118 heavy (non-hydrogen) atoms. The topological polar surface area (TPSA) is 293 Å². The molecule has 1 heterocycles. The van der Waals surface area contributed by atoms with Gasteiger partial charge in [-0.15, -0.1) is 0 Å². The molecule has 0 saturated carbocycles. The van der Waals surface area contributed by atoms with Crippen molar-refractivity contribution in [3.05, 3.63) is 240 Å². The quantitative estimate of drug-likeness (QED) is 0.0248. The van der Waals surface area contributed by atoms with E-state index in [4.69, 9.17) is 23.7 Å². The van der Waals surface area contributed by atoms with Crippen molar-refractivity contribution in [2.24, 2.45) is 0 Å². The molecule has 10 aromatic carbocycles. The van der Waals surface area contributed by atoms with Gasteiger partial charge in [-0.25, -0.2) is 33.7 Å². The molecule has 1 aliphatic heterocycles. The largest absolute Gasteiger partial charge is 0.744 e. The van der Waals surface area contributed by atoms with Crippen LogP contribution in [0.3, 0.4) is 0 Å². The van der Waals surface area contributed by atoms with E-state index in [1.165, 1.54) is 161 Å². The molecule has 21 nitrogen and oxygen atoms in total. The third kappa shape index (κ3) is 22.2. The van der Waals surface area contributed by atoms with Crippen LogP contribution in [0.1, 0.15) is 103 Å². The third-order valence-electron chi connectivity index (χ3n) is 22.1. The van der Waals surface area contributed by atoms with Gasteiger partial charge in [-0.2, -0.15) is 0 Å². The fourth-order valence-electron chi connectivity index (χ4n) is 15.0. The van der Waals surface area contributed by atoms with Crippen molar-refractivity contribution in [2.45, 2.75) is 120 Å². The Morgan fingerprint density at radius 3 is 0.729 bits per heavy atom. The van der Waals surface area contributed by atoms with Crippen LogP contribution in [0, 0.1) is 0 Å². The van der Waals surface area contributed by atoms with E-state index < -0.39 is 97.2 Å². The molecular weight excluding hydrogens is 1650 g/mol. The van der Waals surface area contributed by atoms with Crippen LogP contribution in [0.2, 0.25) is 0 Å². The molecule has 0 radical (unpaired) electrons. The molecule has 0 unspecified atom stereocenters. The van der Waals surface area contributed by atoms with Gasteiger partial charge in [0.15, 0.2) is 0 Å². The van der Waals surface area contributed by atoms with E-state index in [9.17, 15) is 51.9 Å². The predicted molar refractivity (Wildman–Crippen MR) is 471 cm³/mol. The Kier molecular flexibility index (Phi) is 32.1. The molecule has 4 N–H and O–H groups in total. The minimum atomic E-state index is -5.11. The molecular formula is C89H108N4O17P4S4. The zero-order valence-corrected chi connectivity index (χ0v) is 76.2. The average Bonchev–Trinajstić information content (AvgIpc) is 0.717. The van der Waals surface area contributed by atoms with E-state index in [-0.39, 0.29) is 66.3 Å². The molecule has 0 bridgehead atoms. The molecule has 0 atom stereocenters. The fourth-order valence-corrected chi connectivity index (χ4v) is 28.0. The normalized spacial score (nSPS) is 13.0. The van der Waals surface area contributed by atoms with E-state index in [1.54, 1.807) is 56.0 Å². The molecule has 630 valence electrons. The molecule has 10 aromatic rings. The minimum absolute atomic E-state index is 0.0591. The number of benzene rings is 10. The highest BCUT2D eigenvalue weighted by Gasteiger charge is 2.42. The zero-order chi connectivity index (χ0) is 85.6. The lowest BCUT2D eigenvalue weighted by atomic mass is 9.76. The standard InChI is InChI=1S/C46H68N4P2.C43H40O17P2S4/c1-9-47(10-2)35-39-17-25-43(26-18-39)51(44-27-19-40(20-28-44)36-48(11-3)12-4)33-34-52(45-29-21-41(22-30-45)37-49(13-5)14-6)46-31-23-42(24-32-46)38-50(15-7)16-8;1-43(2)29-9-7-11-35(61(37-21-25(63(44,45)46)13-17-31(37)56-3)38-22-26(64(47,48)49)14-18-32(38)57-4)41(29)60-42-30(43)10-8-12-36(42)62(39-23-27(65(50,51)52)15-19-33(39)58-5)40-24-28(66(53,54)55)16-20-34(40)59-6/h17-32H,9-16,33-38H2,1-8H3;7-24H,1-6H3,(H,44,45,46)(H,47,48,49)(H,50,51,52)(H,53,54,55). The van der Waals surface area contributed by atoms with Crippen LogP contribution in [-0.2, 0) is 72.1 Å². The lowest BCUT2D eigenvalue weighted by Crippen LogP contribution is -3.10. The summed E-state index contributed by atoms with van der Waals surface area (Å²) in [4.78, 5) is 3.93. The van der Waals surface area contributed by atoms with Gasteiger partial charge in [-0.05, 0) is 193 Å². The monoisotopic (exact) mass is 1760 g/mol. The highest BCUT2D eigenvalue weighted by Crippen LogP contribution is 2.55. The first-order valence-corrected chi connectivity index (χ1v) is 51.0. The SMILES string of the molecule is CC[NH+](CC)Cc1ccc(P(CCP(c2ccc(C[NH+](CC)CC)cc2)c2ccc(C[NH+](CC)CC)cc2)c2ccc(C[NH+](CC)CC)cc2)cc1.COc1ccc(S(=O)(=O)[O-])cc1P(c1cc(S(=O)(=O)[O-])ccc1OC)c1cccc2c1Oc1c(P(c3cc(S(=O)(=O)[O-])ccc3OC)c3cc(S(=O)(=O)[O-])ccc3OC)cccc1C2(C)C. The second-order valence-corrected chi connectivity index (χ2v) is 43.8. The number of hydrogen-bond donors (Lipinski definition) is 4. The van der Waals surface area contributed by atoms with Crippen LogP contribution in [0.5, 0.6) is 34.5 Å². The van der Waals surface area contributed by atoms with Gasteiger partial charge in [0.1, 0.15) is 101 Å². The molecule has 0 saturated heterocycles. The lowest BCUT2D eigenvalue weighted by Gasteiger charge is -2.39. The summed E-state index contributed by atoms with van der Waals surface area (Å²) in [5.74, 6) is 0.494. The van der Waals surface area contributed by atoms with Crippen molar-refractivity contribution >= 4 is 125 Å². The number of ether oxygens (including phenoxy) is 5. The summed E-state index contributed by atoms with van der Waals surface area (Å²) in [6, 6.07) is 62.7. The highest BCUT2D eigenvalue weighted by molar-refractivity contribution is 7.87. The summed E-state index contributed by atoms with van der Waals surface area (Å²) >= 11 is 0. The maximum absolute atomic E-state index is 12.5. The number of quaternary nitrogens is 4. The van der Waals surface area contributed by atoms with Gasteiger partial charge in [-0.3, -0.25) is 0 Å². The molecule has 11 rings (SSSR count). The second kappa shape index (κ2) is 40.8. The first kappa shape index (κ1) is 92.7. The Morgan fingerprint density at radius 2 is 0.534 bits per heavy atom. The van der Waals surface area contributed by atoms with Gasteiger partial charge < -0.3 is 61.5 Å². The molecule has 1 aliphatic rings. The van der Waals surface area contributed by atoms with E-state index >= 15 is 0 Å². The van der Waals surface area contributed by atoms with Crippen molar-refractivity contribution in [2.75, 3.05) is 93.1 Å². The van der Waals surface area contributed by atoms with Crippen LogP contribution in [0.25, 0.3) is 0 Å². The van der Waals surface area contributed by atoms with Gasteiger partial charge in [0, 0.05) is 70.6 Å². The van der Waals surface area contributed by atoms with Gasteiger partial charge in [0.05, 0.1) is 100 Å². The molecule has 0 aliphatic carbocycles. The Labute approximate surface area is 703 Å². The Bertz CT molecular complexity index is 4960. The van der Waals surface area contributed by atoms with Crippen LogP contribution < -0.4 is 96.3 Å². The summed E-state index contributed by atoms with van der Waals surface area (Å²) in [5.41, 5.74) is 5.86. The molecule has 0 amide bonds. The molecule has 0 aromatic heterocycles. The van der Waals surface area contributed by atoms with E-state index in [1.807, 2.05) is 13.8 Å². The lowest BCUT2D eigenvalue weighted by molar-refractivity contribution is -0.910.